The minimum atomic E-state index is -0.0653. The third kappa shape index (κ3) is 2.42. The minimum Gasteiger partial charge on any atom is -0.375 e. The van der Waals surface area contributed by atoms with E-state index < -0.39 is 0 Å². The highest BCUT2D eigenvalue weighted by atomic mass is 16.5. The van der Waals surface area contributed by atoms with E-state index in [9.17, 15) is 4.79 Å². The van der Waals surface area contributed by atoms with Crippen molar-refractivity contribution >= 4 is 10.9 Å². The lowest BCUT2D eigenvalue weighted by molar-refractivity contribution is -0.0998. The molecule has 2 aromatic rings. The second kappa shape index (κ2) is 5.78. The Morgan fingerprint density at radius 1 is 1.23 bits per heavy atom. The van der Waals surface area contributed by atoms with E-state index in [0.29, 0.717) is 29.7 Å². The van der Waals surface area contributed by atoms with Crippen LogP contribution in [0.4, 0.5) is 0 Å². The number of fused-ring (bicyclic) bond motifs is 2. The van der Waals surface area contributed by atoms with Crippen LogP contribution >= 0.6 is 0 Å². The van der Waals surface area contributed by atoms with E-state index >= 15 is 0 Å². The molecule has 116 valence electrons. The van der Waals surface area contributed by atoms with Crippen molar-refractivity contribution < 1.29 is 4.74 Å². The van der Waals surface area contributed by atoms with Crippen LogP contribution in [-0.4, -0.2) is 45.2 Å². The Morgan fingerprint density at radius 2 is 2.09 bits per heavy atom. The third-order valence-electron chi connectivity index (χ3n) is 4.79. The highest BCUT2D eigenvalue weighted by Gasteiger charge is 2.34. The number of ether oxygens (including phenoxy) is 1. The lowest BCUT2D eigenvalue weighted by Gasteiger charge is -2.43. The summed E-state index contributed by atoms with van der Waals surface area (Å²) in [7, 11) is 0. The van der Waals surface area contributed by atoms with E-state index in [1.807, 2.05) is 24.3 Å². The van der Waals surface area contributed by atoms with E-state index in [2.05, 4.69) is 15.2 Å². The zero-order valence-electron chi connectivity index (χ0n) is 12.5. The summed E-state index contributed by atoms with van der Waals surface area (Å²) < 4.78 is 7.37. The Bertz CT molecular complexity index is 727. The van der Waals surface area contributed by atoms with Crippen LogP contribution < -0.4 is 5.56 Å². The molecule has 0 bridgehead atoms. The first-order chi connectivity index (χ1) is 10.8. The smallest absolute Gasteiger partial charge is 0.278 e. The normalized spacial score (nSPS) is 26.0. The van der Waals surface area contributed by atoms with Crippen molar-refractivity contribution in [1.29, 1.82) is 0 Å². The third-order valence-corrected chi connectivity index (χ3v) is 4.79. The van der Waals surface area contributed by atoms with Gasteiger partial charge in [-0.2, -0.15) is 4.68 Å². The van der Waals surface area contributed by atoms with Gasteiger partial charge in [0.25, 0.3) is 5.56 Å². The number of nitrogens with zero attached hydrogens (tertiary/aromatic N) is 4. The summed E-state index contributed by atoms with van der Waals surface area (Å²) in [6, 6.07) is 7.77. The van der Waals surface area contributed by atoms with Gasteiger partial charge >= 0.3 is 0 Å². The monoisotopic (exact) mass is 300 g/mol. The van der Waals surface area contributed by atoms with Crippen LogP contribution in [0.25, 0.3) is 10.9 Å². The zero-order chi connectivity index (χ0) is 14.9. The van der Waals surface area contributed by atoms with Gasteiger partial charge in [-0.15, -0.1) is 5.10 Å². The van der Waals surface area contributed by atoms with Crippen LogP contribution in [0.1, 0.15) is 25.7 Å². The van der Waals surface area contributed by atoms with Crippen molar-refractivity contribution in [3.63, 3.8) is 0 Å². The van der Waals surface area contributed by atoms with Gasteiger partial charge in [0.15, 0.2) is 0 Å². The summed E-state index contributed by atoms with van der Waals surface area (Å²) in [6.45, 7) is 2.08. The first-order valence-corrected chi connectivity index (χ1v) is 8.01. The van der Waals surface area contributed by atoms with Crippen LogP contribution in [-0.2, 0) is 11.4 Å². The first-order valence-electron chi connectivity index (χ1n) is 8.01. The molecular formula is C16H20N4O2. The second-order valence-electron chi connectivity index (χ2n) is 6.13. The summed E-state index contributed by atoms with van der Waals surface area (Å²) in [5.41, 5.74) is 0.589. The molecule has 2 fully saturated rings. The van der Waals surface area contributed by atoms with Crippen molar-refractivity contribution in [1.82, 2.24) is 19.9 Å². The Morgan fingerprint density at radius 3 is 3.05 bits per heavy atom. The highest BCUT2D eigenvalue weighted by molar-refractivity contribution is 5.76. The van der Waals surface area contributed by atoms with Gasteiger partial charge in [0.2, 0.25) is 0 Å². The molecule has 1 saturated heterocycles. The van der Waals surface area contributed by atoms with Crippen LogP contribution in [0, 0.1) is 0 Å². The Labute approximate surface area is 128 Å². The van der Waals surface area contributed by atoms with Gasteiger partial charge in [-0.3, -0.25) is 9.69 Å². The fourth-order valence-corrected chi connectivity index (χ4v) is 3.64. The highest BCUT2D eigenvalue weighted by Crippen LogP contribution is 2.28. The van der Waals surface area contributed by atoms with E-state index in [-0.39, 0.29) is 5.56 Å². The van der Waals surface area contributed by atoms with Crippen LogP contribution in [0.3, 0.4) is 0 Å². The molecule has 0 spiro atoms. The van der Waals surface area contributed by atoms with Crippen molar-refractivity contribution in [2.24, 2.45) is 0 Å². The maximum Gasteiger partial charge on any atom is 0.278 e. The molecule has 0 radical (unpaired) electrons. The summed E-state index contributed by atoms with van der Waals surface area (Å²) in [5, 5.41) is 8.91. The van der Waals surface area contributed by atoms with Gasteiger partial charge in [-0.05, 0) is 25.0 Å². The number of hydrogen-bond donors (Lipinski definition) is 0. The van der Waals surface area contributed by atoms with Gasteiger partial charge in [0, 0.05) is 12.6 Å². The number of rotatable bonds is 2. The summed E-state index contributed by atoms with van der Waals surface area (Å²) in [5.74, 6) is 0. The molecule has 6 heteroatoms. The molecule has 1 aliphatic heterocycles. The van der Waals surface area contributed by atoms with Crippen molar-refractivity contribution in [3.8, 4) is 0 Å². The summed E-state index contributed by atoms with van der Waals surface area (Å²) in [6.07, 6.45) is 5.05. The van der Waals surface area contributed by atoms with E-state index in [4.69, 9.17) is 4.74 Å². The fourth-order valence-electron chi connectivity index (χ4n) is 3.64. The average Bonchev–Trinajstić information content (AvgIpc) is 2.58. The maximum atomic E-state index is 12.6. The molecule has 0 N–H and O–H groups in total. The molecule has 6 nitrogen and oxygen atoms in total. The Hall–Kier alpha value is -1.79. The number of hydrogen-bond acceptors (Lipinski definition) is 5. The largest absolute Gasteiger partial charge is 0.375 e. The lowest BCUT2D eigenvalue weighted by atomic mass is 9.90. The molecule has 2 heterocycles. The molecule has 1 aromatic heterocycles. The number of benzene rings is 1. The Kier molecular flexibility index (Phi) is 3.63. The molecule has 4 rings (SSSR count). The number of aromatic nitrogens is 3. The molecule has 1 aromatic carbocycles. The first kappa shape index (κ1) is 13.8. The predicted octanol–water partition coefficient (Wildman–Crippen LogP) is 1.39. The van der Waals surface area contributed by atoms with Crippen LogP contribution in [0.5, 0.6) is 0 Å². The van der Waals surface area contributed by atoms with Gasteiger partial charge in [-0.25, -0.2) is 0 Å². The van der Waals surface area contributed by atoms with E-state index in [1.165, 1.54) is 17.5 Å². The quantitative estimate of drug-likeness (QED) is 0.839. The molecule has 22 heavy (non-hydrogen) atoms. The SMILES string of the molecule is O=c1c2ccccc2nnn1CN1CCOC2CCCCC21. The average molecular weight is 300 g/mol. The molecule has 0 amide bonds. The van der Waals surface area contributed by atoms with Crippen molar-refractivity contribution in [2.45, 2.75) is 44.5 Å². The maximum absolute atomic E-state index is 12.6. The second-order valence-corrected chi connectivity index (χ2v) is 6.13. The van der Waals surface area contributed by atoms with Crippen molar-refractivity contribution in [2.75, 3.05) is 13.2 Å². The fraction of sp³-hybridized carbons (Fsp3) is 0.562. The predicted molar refractivity (Wildman–Crippen MR) is 82.5 cm³/mol. The molecular weight excluding hydrogens is 280 g/mol. The molecule has 2 aliphatic rings. The van der Waals surface area contributed by atoms with Crippen LogP contribution in [0.2, 0.25) is 0 Å². The Balaban J connectivity index is 1.62. The molecule has 1 saturated carbocycles. The van der Waals surface area contributed by atoms with Gasteiger partial charge < -0.3 is 4.74 Å². The summed E-state index contributed by atoms with van der Waals surface area (Å²) in [4.78, 5) is 14.9. The van der Waals surface area contributed by atoms with Gasteiger partial charge in [0.1, 0.15) is 5.52 Å². The van der Waals surface area contributed by atoms with Gasteiger partial charge in [-0.1, -0.05) is 30.2 Å². The topological polar surface area (TPSA) is 60.2 Å². The molecule has 1 aliphatic carbocycles. The lowest BCUT2D eigenvalue weighted by Crippen LogP contribution is -2.53. The number of morpholine rings is 1. The standard InChI is InChI=1S/C16H20N4O2/c21-16-12-5-1-2-6-13(12)17-18-20(16)11-19-9-10-22-15-8-4-3-7-14(15)19/h1-2,5-6,14-15H,3-4,7-11H2. The molecule has 2 atom stereocenters. The van der Waals surface area contributed by atoms with Crippen LogP contribution in [0.15, 0.2) is 29.1 Å². The molecule has 2 unspecified atom stereocenters. The van der Waals surface area contributed by atoms with Crippen molar-refractivity contribution in [3.05, 3.63) is 34.6 Å². The minimum absolute atomic E-state index is 0.0653. The van der Waals surface area contributed by atoms with Gasteiger partial charge in [0.05, 0.1) is 24.8 Å². The summed E-state index contributed by atoms with van der Waals surface area (Å²) >= 11 is 0. The van der Waals surface area contributed by atoms with E-state index in [0.717, 1.165) is 26.0 Å². The van der Waals surface area contributed by atoms with E-state index in [1.54, 1.807) is 0 Å². The zero-order valence-corrected chi connectivity index (χ0v) is 12.5.